The van der Waals surface area contributed by atoms with Crippen LogP contribution in [0.5, 0.6) is 5.75 Å². The molecule has 0 aliphatic carbocycles. The van der Waals surface area contributed by atoms with Crippen molar-refractivity contribution in [1.82, 2.24) is 5.32 Å². The van der Waals surface area contributed by atoms with Crippen LogP contribution in [-0.4, -0.2) is 19.6 Å². The average Bonchev–Trinajstić information content (AvgIpc) is 2.54. The van der Waals surface area contributed by atoms with Crippen molar-refractivity contribution in [1.29, 1.82) is 0 Å². The highest BCUT2D eigenvalue weighted by atomic mass is 16.5. The van der Waals surface area contributed by atoms with Crippen molar-refractivity contribution in [3.05, 3.63) is 65.7 Å². The summed E-state index contributed by atoms with van der Waals surface area (Å²) in [5.41, 5.74) is 2.14. The van der Waals surface area contributed by atoms with Crippen LogP contribution >= 0.6 is 0 Å². The minimum atomic E-state index is 0.0160. The van der Waals surface area contributed by atoms with E-state index < -0.39 is 0 Å². The van der Waals surface area contributed by atoms with Gasteiger partial charge in [-0.2, -0.15) is 0 Å². The third-order valence-corrected chi connectivity index (χ3v) is 3.52. The van der Waals surface area contributed by atoms with Crippen molar-refractivity contribution < 1.29 is 9.53 Å². The lowest BCUT2D eigenvalue weighted by atomic mass is 10.0. The Labute approximate surface area is 126 Å². The van der Waals surface area contributed by atoms with Crippen LogP contribution in [0.2, 0.25) is 0 Å². The summed E-state index contributed by atoms with van der Waals surface area (Å²) in [6, 6.07) is 17.8. The summed E-state index contributed by atoms with van der Waals surface area (Å²) < 4.78 is 5.26. The number of methoxy groups -OCH3 is 1. The largest absolute Gasteiger partial charge is 0.496 e. The Morgan fingerprint density at radius 1 is 1.10 bits per heavy atom. The van der Waals surface area contributed by atoms with E-state index in [1.165, 1.54) is 5.56 Å². The first kappa shape index (κ1) is 15.1. The van der Waals surface area contributed by atoms with E-state index in [1.54, 1.807) is 7.11 Å². The highest BCUT2D eigenvalue weighted by Gasteiger charge is 2.10. The summed E-state index contributed by atoms with van der Waals surface area (Å²) in [7, 11) is 1.62. The zero-order valence-corrected chi connectivity index (χ0v) is 12.5. The van der Waals surface area contributed by atoms with E-state index >= 15 is 0 Å². The van der Waals surface area contributed by atoms with Gasteiger partial charge in [0.15, 0.2) is 0 Å². The molecule has 0 bridgehead atoms. The molecule has 0 fully saturated rings. The van der Waals surface area contributed by atoms with Gasteiger partial charge in [-0.15, -0.1) is 0 Å². The molecule has 0 spiro atoms. The fraction of sp³-hybridized carbons (Fsp3) is 0.278. The first-order chi connectivity index (χ1) is 10.2. The van der Waals surface area contributed by atoms with Gasteiger partial charge in [0, 0.05) is 12.1 Å². The van der Waals surface area contributed by atoms with Gasteiger partial charge < -0.3 is 10.1 Å². The number of hydrogen-bond acceptors (Lipinski definition) is 2. The lowest BCUT2D eigenvalue weighted by Gasteiger charge is -2.13. The van der Waals surface area contributed by atoms with E-state index in [4.69, 9.17) is 4.74 Å². The maximum atomic E-state index is 12.0. The zero-order chi connectivity index (χ0) is 15.1. The Balaban J connectivity index is 1.88. The standard InChI is InChI=1S/C18H21NO2/c1-14(15-8-4-3-5-9-15)13-19-18(20)12-16-10-6-7-11-17(16)21-2/h3-11,14H,12-13H2,1-2H3,(H,19,20). The molecule has 110 valence electrons. The number of rotatable bonds is 6. The Bertz CT molecular complexity index is 581. The lowest BCUT2D eigenvalue weighted by molar-refractivity contribution is -0.120. The summed E-state index contributed by atoms with van der Waals surface area (Å²) in [4.78, 5) is 12.0. The molecule has 0 aliphatic rings. The van der Waals surface area contributed by atoms with E-state index in [1.807, 2.05) is 42.5 Å². The van der Waals surface area contributed by atoms with E-state index in [-0.39, 0.29) is 5.91 Å². The topological polar surface area (TPSA) is 38.3 Å². The molecule has 1 amide bonds. The predicted molar refractivity (Wildman–Crippen MR) is 84.6 cm³/mol. The average molecular weight is 283 g/mol. The van der Waals surface area contributed by atoms with Gasteiger partial charge in [-0.3, -0.25) is 4.79 Å². The first-order valence-electron chi connectivity index (χ1n) is 7.14. The van der Waals surface area contributed by atoms with Gasteiger partial charge in [-0.25, -0.2) is 0 Å². The van der Waals surface area contributed by atoms with Crippen LogP contribution in [-0.2, 0) is 11.2 Å². The van der Waals surface area contributed by atoms with Crippen molar-refractivity contribution in [2.24, 2.45) is 0 Å². The molecule has 2 aromatic rings. The van der Waals surface area contributed by atoms with E-state index in [9.17, 15) is 4.79 Å². The molecular formula is C18H21NO2. The predicted octanol–water partition coefficient (Wildman–Crippen LogP) is 3.16. The maximum absolute atomic E-state index is 12.0. The van der Waals surface area contributed by atoms with Gasteiger partial charge in [0.1, 0.15) is 5.75 Å². The van der Waals surface area contributed by atoms with Gasteiger partial charge in [0.05, 0.1) is 13.5 Å². The normalized spacial score (nSPS) is 11.7. The van der Waals surface area contributed by atoms with E-state index in [2.05, 4.69) is 24.4 Å². The monoisotopic (exact) mass is 283 g/mol. The van der Waals surface area contributed by atoms with E-state index in [0.717, 1.165) is 11.3 Å². The lowest BCUT2D eigenvalue weighted by Crippen LogP contribution is -2.29. The molecule has 0 heterocycles. The van der Waals surface area contributed by atoms with Crippen molar-refractivity contribution in [2.45, 2.75) is 19.3 Å². The molecule has 0 aliphatic heterocycles. The van der Waals surface area contributed by atoms with Gasteiger partial charge >= 0.3 is 0 Å². The molecule has 1 N–H and O–H groups in total. The van der Waals surface area contributed by atoms with Gasteiger partial charge in [-0.05, 0) is 17.5 Å². The summed E-state index contributed by atoms with van der Waals surface area (Å²) in [5.74, 6) is 1.07. The Hall–Kier alpha value is -2.29. The van der Waals surface area contributed by atoms with Gasteiger partial charge in [0.2, 0.25) is 5.91 Å². The minimum absolute atomic E-state index is 0.0160. The van der Waals surface area contributed by atoms with Crippen LogP contribution in [0.4, 0.5) is 0 Å². The van der Waals surface area contributed by atoms with Gasteiger partial charge in [0.25, 0.3) is 0 Å². The molecular weight excluding hydrogens is 262 g/mol. The second-order valence-corrected chi connectivity index (χ2v) is 5.10. The van der Waals surface area contributed by atoms with Crippen LogP contribution in [0.25, 0.3) is 0 Å². The molecule has 0 aromatic heterocycles. The summed E-state index contributed by atoms with van der Waals surface area (Å²) >= 11 is 0. The number of ether oxygens (including phenoxy) is 1. The third kappa shape index (κ3) is 4.35. The smallest absolute Gasteiger partial charge is 0.224 e. The fourth-order valence-corrected chi connectivity index (χ4v) is 2.25. The number of nitrogens with one attached hydrogen (secondary N) is 1. The number of carbonyl (C=O) groups is 1. The Morgan fingerprint density at radius 3 is 2.48 bits per heavy atom. The van der Waals surface area contributed by atoms with Crippen LogP contribution in [0, 0.1) is 0 Å². The second-order valence-electron chi connectivity index (χ2n) is 5.10. The summed E-state index contributed by atoms with van der Waals surface area (Å²) in [6.45, 7) is 2.75. The van der Waals surface area contributed by atoms with Gasteiger partial charge in [-0.1, -0.05) is 55.5 Å². The van der Waals surface area contributed by atoms with Crippen molar-refractivity contribution in [2.75, 3.05) is 13.7 Å². The molecule has 0 saturated heterocycles. The molecule has 0 saturated carbocycles. The number of amides is 1. The number of carbonyl (C=O) groups excluding carboxylic acids is 1. The first-order valence-corrected chi connectivity index (χ1v) is 7.14. The van der Waals surface area contributed by atoms with Crippen molar-refractivity contribution in [3.63, 3.8) is 0 Å². The van der Waals surface area contributed by atoms with Crippen molar-refractivity contribution >= 4 is 5.91 Å². The van der Waals surface area contributed by atoms with Crippen LogP contribution in [0.1, 0.15) is 24.0 Å². The van der Waals surface area contributed by atoms with Crippen molar-refractivity contribution in [3.8, 4) is 5.75 Å². The number of benzene rings is 2. The van der Waals surface area contributed by atoms with Crippen LogP contribution in [0.15, 0.2) is 54.6 Å². The highest BCUT2D eigenvalue weighted by Crippen LogP contribution is 2.18. The van der Waals surface area contributed by atoms with Crippen LogP contribution in [0.3, 0.4) is 0 Å². The SMILES string of the molecule is COc1ccccc1CC(=O)NCC(C)c1ccccc1. The fourth-order valence-electron chi connectivity index (χ4n) is 2.25. The minimum Gasteiger partial charge on any atom is -0.496 e. The molecule has 0 radical (unpaired) electrons. The molecule has 2 aromatic carbocycles. The second kappa shape index (κ2) is 7.48. The van der Waals surface area contributed by atoms with E-state index in [0.29, 0.717) is 18.9 Å². The quantitative estimate of drug-likeness (QED) is 0.884. The number of para-hydroxylation sites is 1. The summed E-state index contributed by atoms with van der Waals surface area (Å²) in [5, 5.41) is 2.99. The highest BCUT2D eigenvalue weighted by molar-refractivity contribution is 5.79. The Kier molecular flexibility index (Phi) is 5.38. The van der Waals surface area contributed by atoms with Crippen LogP contribution < -0.4 is 10.1 Å². The third-order valence-electron chi connectivity index (χ3n) is 3.52. The Morgan fingerprint density at radius 2 is 1.76 bits per heavy atom. The molecule has 1 atom stereocenters. The molecule has 1 unspecified atom stereocenters. The zero-order valence-electron chi connectivity index (χ0n) is 12.5. The number of hydrogen-bond donors (Lipinski definition) is 1. The maximum Gasteiger partial charge on any atom is 0.224 e. The molecule has 21 heavy (non-hydrogen) atoms. The molecule has 3 heteroatoms. The molecule has 2 rings (SSSR count). The summed E-state index contributed by atoms with van der Waals surface area (Å²) in [6.07, 6.45) is 0.339. The molecule has 3 nitrogen and oxygen atoms in total.